The quantitative estimate of drug-likeness (QED) is 0.843. The molecule has 3 heteroatoms. The van der Waals surface area contributed by atoms with Crippen molar-refractivity contribution in [2.24, 2.45) is 0 Å². The molecule has 3 nitrogen and oxygen atoms in total. The summed E-state index contributed by atoms with van der Waals surface area (Å²) in [5.74, 6) is 0.887. The second-order valence-electron chi connectivity index (χ2n) is 5.03. The number of amides is 1. The van der Waals surface area contributed by atoms with Crippen LogP contribution in [0.15, 0.2) is 48.6 Å². The Kier molecular flexibility index (Phi) is 4.99. The van der Waals surface area contributed by atoms with Crippen LogP contribution in [0.2, 0.25) is 0 Å². The molecule has 0 aliphatic carbocycles. The molecule has 1 N–H and O–H groups in total. The normalized spacial score (nSPS) is 12.5. The van der Waals surface area contributed by atoms with E-state index < -0.39 is 0 Å². The van der Waals surface area contributed by atoms with Crippen LogP contribution in [-0.4, -0.2) is 13.0 Å². The van der Waals surface area contributed by atoms with E-state index in [9.17, 15) is 4.79 Å². The summed E-state index contributed by atoms with van der Waals surface area (Å²) >= 11 is 0. The molecule has 0 saturated carbocycles. The SMILES string of the molecule is C/C=C/CC(=O)N[C@@H](C)c1ccc2cc(OC)ccc2c1. The highest BCUT2D eigenvalue weighted by Crippen LogP contribution is 2.24. The molecule has 0 aromatic heterocycles. The lowest BCUT2D eigenvalue weighted by molar-refractivity contribution is -0.120. The van der Waals surface area contributed by atoms with Crippen molar-refractivity contribution in [1.82, 2.24) is 5.32 Å². The van der Waals surface area contributed by atoms with Crippen LogP contribution in [0.3, 0.4) is 0 Å². The first-order valence-corrected chi connectivity index (χ1v) is 7.12. The van der Waals surface area contributed by atoms with Gasteiger partial charge in [-0.25, -0.2) is 0 Å². The Labute approximate surface area is 125 Å². The molecular formula is C18H21NO2. The Balaban J connectivity index is 2.16. The van der Waals surface area contributed by atoms with Crippen LogP contribution in [0.25, 0.3) is 10.8 Å². The van der Waals surface area contributed by atoms with Crippen LogP contribution in [-0.2, 0) is 4.79 Å². The Hall–Kier alpha value is -2.29. The molecule has 0 fully saturated rings. The molecule has 0 unspecified atom stereocenters. The van der Waals surface area contributed by atoms with Crippen molar-refractivity contribution in [2.45, 2.75) is 26.3 Å². The van der Waals surface area contributed by atoms with Crippen molar-refractivity contribution in [3.63, 3.8) is 0 Å². The Morgan fingerprint density at radius 2 is 1.95 bits per heavy atom. The molecule has 0 radical (unpaired) electrons. The average Bonchev–Trinajstić information content (AvgIpc) is 2.51. The van der Waals surface area contributed by atoms with Gasteiger partial charge in [0.1, 0.15) is 5.75 Å². The fourth-order valence-corrected chi connectivity index (χ4v) is 2.25. The van der Waals surface area contributed by atoms with Crippen molar-refractivity contribution in [1.29, 1.82) is 0 Å². The van der Waals surface area contributed by atoms with Crippen molar-refractivity contribution in [2.75, 3.05) is 7.11 Å². The molecule has 0 bridgehead atoms. The number of ether oxygens (including phenoxy) is 1. The molecule has 2 aromatic rings. The molecule has 110 valence electrons. The van der Waals surface area contributed by atoms with E-state index >= 15 is 0 Å². The maximum Gasteiger partial charge on any atom is 0.224 e. The minimum Gasteiger partial charge on any atom is -0.497 e. The largest absolute Gasteiger partial charge is 0.497 e. The van der Waals surface area contributed by atoms with Crippen molar-refractivity contribution >= 4 is 16.7 Å². The van der Waals surface area contributed by atoms with E-state index in [1.807, 2.05) is 50.3 Å². The summed E-state index contributed by atoms with van der Waals surface area (Å²) < 4.78 is 5.23. The van der Waals surface area contributed by atoms with E-state index in [4.69, 9.17) is 4.74 Å². The Morgan fingerprint density at radius 3 is 2.67 bits per heavy atom. The standard InChI is InChI=1S/C18H21NO2/c1-4-5-6-18(20)19-13(2)14-7-8-16-12-17(21-3)10-9-15(16)11-14/h4-5,7-13H,6H2,1-3H3,(H,19,20)/b5-4+/t13-/m0/s1. The molecule has 0 spiro atoms. The van der Waals surface area contributed by atoms with Gasteiger partial charge < -0.3 is 10.1 Å². The predicted octanol–water partition coefficient (Wildman–Crippen LogP) is 3.99. The number of hydrogen-bond acceptors (Lipinski definition) is 2. The zero-order valence-corrected chi connectivity index (χ0v) is 12.7. The maximum atomic E-state index is 11.8. The third kappa shape index (κ3) is 3.85. The van der Waals surface area contributed by atoms with E-state index in [1.165, 1.54) is 0 Å². The van der Waals surface area contributed by atoms with Gasteiger partial charge in [-0.15, -0.1) is 0 Å². The second kappa shape index (κ2) is 6.93. The number of nitrogens with one attached hydrogen (secondary N) is 1. The molecular weight excluding hydrogens is 262 g/mol. The van der Waals surface area contributed by atoms with Crippen molar-refractivity contribution in [3.05, 3.63) is 54.1 Å². The third-order valence-electron chi connectivity index (χ3n) is 3.49. The van der Waals surface area contributed by atoms with Gasteiger partial charge in [0.25, 0.3) is 0 Å². The first kappa shape index (κ1) is 15.1. The summed E-state index contributed by atoms with van der Waals surface area (Å²) in [5, 5.41) is 5.28. The van der Waals surface area contributed by atoms with Crippen molar-refractivity contribution in [3.8, 4) is 5.75 Å². The Bertz CT molecular complexity index is 661. The highest BCUT2D eigenvalue weighted by atomic mass is 16.5. The molecule has 1 atom stereocenters. The van der Waals surface area contributed by atoms with Gasteiger partial charge in [0.2, 0.25) is 5.91 Å². The molecule has 2 aromatic carbocycles. The zero-order chi connectivity index (χ0) is 15.2. The lowest BCUT2D eigenvalue weighted by Crippen LogP contribution is -2.25. The molecule has 0 heterocycles. The van der Waals surface area contributed by atoms with Crippen LogP contribution < -0.4 is 10.1 Å². The number of carbonyl (C=O) groups excluding carboxylic acids is 1. The summed E-state index contributed by atoms with van der Waals surface area (Å²) in [6.07, 6.45) is 4.16. The fraction of sp³-hybridized carbons (Fsp3) is 0.278. The van der Waals surface area contributed by atoms with Gasteiger partial charge in [-0.1, -0.05) is 30.4 Å². The average molecular weight is 283 g/mol. The van der Waals surface area contributed by atoms with Crippen LogP contribution in [0.4, 0.5) is 0 Å². The number of benzene rings is 2. The molecule has 0 aliphatic rings. The van der Waals surface area contributed by atoms with Gasteiger partial charge >= 0.3 is 0 Å². The zero-order valence-electron chi connectivity index (χ0n) is 12.7. The molecule has 21 heavy (non-hydrogen) atoms. The number of fused-ring (bicyclic) bond motifs is 1. The maximum absolute atomic E-state index is 11.8. The third-order valence-corrected chi connectivity index (χ3v) is 3.49. The summed E-state index contributed by atoms with van der Waals surface area (Å²) in [7, 11) is 1.66. The van der Waals surface area contributed by atoms with E-state index in [-0.39, 0.29) is 11.9 Å². The first-order chi connectivity index (χ1) is 10.1. The number of hydrogen-bond donors (Lipinski definition) is 1. The van der Waals surface area contributed by atoms with Gasteiger partial charge in [0.05, 0.1) is 13.2 Å². The summed E-state index contributed by atoms with van der Waals surface area (Å²) in [4.78, 5) is 11.8. The minimum absolute atomic E-state index is 0.00532. The summed E-state index contributed by atoms with van der Waals surface area (Å²) in [6.45, 7) is 3.91. The molecule has 0 aliphatic heterocycles. The number of allylic oxidation sites excluding steroid dienone is 1. The second-order valence-corrected chi connectivity index (χ2v) is 5.03. The van der Waals surface area contributed by atoms with E-state index in [2.05, 4.69) is 17.4 Å². The summed E-state index contributed by atoms with van der Waals surface area (Å²) in [5.41, 5.74) is 1.10. The van der Waals surface area contributed by atoms with E-state index in [1.54, 1.807) is 7.11 Å². The van der Waals surface area contributed by atoms with Crippen LogP contribution in [0, 0.1) is 0 Å². The monoisotopic (exact) mass is 283 g/mol. The Morgan fingerprint density at radius 1 is 1.24 bits per heavy atom. The lowest BCUT2D eigenvalue weighted by Gasteiger charge is -2.15. The fourth-order valence-electron chi connectivity index (χ4n) is 2.25. The highest BCUT2D eigenvalue weighted by Gasteiger charge is 2.09. The van der Waals surface area contributed by atoms with Crippen LogP contribution in [0.5, 0.6) is 5.75 Å². The van der Waals surface area contributed by atoms with E-state index in [0.717, 1.165) is 22.1 Å². The van der Waals surface area contributed by atoms with Gasteiger partial charge in [-0.05, 0) is 48.4 Å². The topological polar surface area (TPSA) is 38.3 Å². The predicted molar refractivity (Wildman–Crippen MR) is 86.5 cm³/mol. The van der Waals surface area contributed by atoms with Crippen LogP contribution in [0.1, 0.15) is 31.9 Å². The highest BCUT2D eigenvalue weighted by molar-refractivity contribution is 5.85. The van der Waals surface area contributed by atoms with Gasteiger partial charge in [-0.2, -0.15) is 0 Å². The molecule has 2 rings (SSSR count). The minimum atomic E-state index is -0.00532. The summed E-state index contributed by atoms with van der Waals surface area (Å²) in [6, 6.07) is 12.2. The van der Waals surface area contributed by atoms with Crippen LogP contribution >= 0.6 is 0 Å². The van der Waals surface area contributed by atoms with Gasteiger partial charge in [-0.3, -0.25) is 4.79 Å². The van der Waals surface area contributed by atoms with Crippen molar-refractivity contribution < 1.29 is 9.53 Å². The number of rotatable bonds is 5. The van der Waals surface area contributed by atoms with Gasteiger partial charge in [0.15, 0.2) is 0 Å². The first-order valence-electron chi connectivity index (χ1n) is 7.12. The molecule has 0 saturated heterocycles. The molecule has 1 amide bonds. The lowest BCUT2D eigenvalue weighted by atomic mass is 10.0. The number of carbonyl (C=O) groups is 1. The van der Waals surface area contributed by atoms with E-state index in [0.29, 0.717) is 6.42 Å². The smallest absolute Gasteiger partial charge is 0.224 e. The van der Waals surface area contributed by atoms with Gasteiger partial charge in [0, 0.05) is 6.42 Å². The number of methoxy groups -OCH3 is 1.